The molecule has 0 spiro atoms. The largest absolute Gasteiger partial charge is 0.330 e. The van der Waals surface area contributed by atoms with Gasteiger partial charge in [0.15, 0.2) is 0 Å². The monoisotopic (exact) mass is 312 g/mol. The van der Waals surface area contributed by atoms with E-state index < -0.39 is 0 Å². The summed E-state index contributed by atoms with van der Waals surface area (Å²) in [7, 11) is 0. The van der Waals surface area contributed by atoms with E-state index in [2.05, 4.69) is 48.5 Å². The molecule has 0 saturated heterocycles. The maximum absolute atomic E-state index is 6.10. The summed E-state index contributed by atoms with van der Waals surface area (Å²) in [5.41, 5.74) is 12.2. The van der Waals surface area contributed by atoms with E-state index in [9.17, 15) is 0 Å². The van der Waals surface area contributed by atoms with Gasteiger partial charge < -0.3 is 11.5 Å². The van der Waals surface area contributed by atoms with Crippen LogP contribution in [0.25, 0.3) is 0 Å². The molecule has 0 aromatic heterocycles. The van der Waals surface area contributed by atoms with Gasteiger partial charge in [-0.2, -0.15) is 0 Å². The summed E-state index contributed by atoms with van der Waals surface area (Å²) in [6, 6.07) is 0. The van der Waals surface area contributed by atoms with E-state index >= 15 is 0 Å². The van der Waals surface area contributed by atoms with Crippen LogP contribution < -0.4 is 11.5 Å². The van der Waals surface area contributed by atoms with Gasteiger partial charge in [0.1, 0.15) is 0 Å². The number of hydrogen-bond acceptors (Lipinski definition) is 2. The molecule has 7 unspecified atom stereocenters. The fourth-order valence-corrected chi connectivity index (χ4v) is 4.61. The molecule has 0 saturated carbocycles. The molecular formula is C20H44N2. The van der Waals surface area contributed by atoms with Crippen LogP contribution in [-0.2, 0) is 0 Å². The maximum Gasteiger partial charge on any atom is -0.00462 e. The molecule has 4 N–H and O–H groups in total. The predicted octanol–water partition coefficient (Wildman–Crippen LogP) is 4.92. The molecule has 2 heteroatoms. The molecule has 7 atom stereocenters. The van der Waals surface area contributed by atoms with Gasteiger partial charge in [-0.05, 0) is 54.5 Å². The van der Waals surface area contributed by atoms with Crippen molar-refractivity contribution in [2.45, 2.75) is 74.1 Å². The Morgan fingerprint density at radius 3 is 1.68 bits per heavy atom. The lowest BCUT2D eigenvalue weighted by atomic mass is 9.63. The highest BCUT2D eigenvalue weighted by Gasteiger charge is 2.36. The van der Waals surface area contributed by atoms with Gasteiger partial charge in [-0.3, -0.25) is 0 Å². The Morgan fingerprint density at radius 1 is 0.727 bits per heavy atom. The zero-order valence-electron chi connectivity index (χ0n) is 16.4. The van der Waals surface area contributed by atoms with Crippen molar-refractivity contribution in [1.82, 2.24) is 0 Å². The molecule has 0 rings (SSSR count). The van der Waals surface area contributed by atoms with Crippen molar-refractivity contribution in [1.29, 1.82) is 0 Å². The first-order valence-electron chi connectivity index (χ1n) is 9.79. The first kappa shape index (κ1) is 21.9. The summed E-state index contributed by atoms with van der Waals surface area (Å²) in [5.74, 6) is 4.90. The molecule has 0 aliphatic carbocycles. The van der Waals surface area contributed by atoms with E-state index in [4.69, 9.17) is 11.5 Å². The van der Waals surface area contributed by atoms with Crippen molar-refractivity contribution in [2.75, 3.05) is 13.1 Å². The van der Waals surface area contributed by atoms with Crippen LogP contribution >= 0.6 is 0 Å². The molecule has 0 radical (unpaired) electrons. The van der Waals surface area contributed by atoms with Gasteiger partial charge in [-0.15, -0.1) is 0 Å². The van der Waals surface area contributed by atoms with E-state index in [1.807, 2.05) is 0 Å². The van der Waals surface area contributed by atoms with Crippen LogP contribution in [0.3, 0.4) is 0 Å². The van der Waals surface area contributed by atoms with Crippen molar-refractivity contribution in [2.24, 2.45) is 52.9 Å². The van der Waals surface area contributed by atoms with Crippen LogP contribution in [0.1, 0.15) is 74.1 Å². The Labute approximate surface area is 140 Å². The second-order valence-electron chi connectivity index (χ2n) is 7.75. The standard InChI is InChI=1S/C20H44N2/c1-8-11-19(18(10-3)13-22)17(7)20(15(5)12-21)16(6)14(4)9-2/h14-20H,8-13,21-22H2,1-7H3. The minimum absolute atomic E-state index is 0.591. The third-order valence-corrected chi connectivity index (χ3v) is 6.51. The number of rotatable bonds is 12. The summed E-state index contributed by atoms with van der Waals surface area (Å²) in [5, 5.41) is 0. The lowest BCUT2D eigenvalue weighted by molar-refractivity contribution is 0.0673. The summed E-state index contributed by atoms with van der Waals surface area (Å²) in [6.45, 7) is 18.2. The first-order chi connectivity index (χ1) is 10.4. The highest BCUT2D eigenvalue weighted by Crippen LogP contribution is 2.41. The Bertz CT molecular complexity index is 262. The van der Waals surface area contributed by atoms with Crippen LogP contribution in [0.15, 0.2) is 0 Å². The normalized spacial score (nSPS) is 21.7. The molecule has 0 fully saturated rings. The van der Waals surface area contributed by atoms with Gasteiger partial charge in [-0.1, -0.05) is 74.1 Å². The molecular weight excluding hydrogens is 268 g/mol. The average molecular weight is 313 g/mol. The van der Waals surface area contributed by atoms with Crippen molar-refractivity contribution < 1.29 is 0 Å². The van der Waals surface area contributed by atoms with E-state index in [1.165, 1.54) is 25.7 Å². The van der Waals surface area contributed by atoms with Gasteiger partial charge in [0, 0.05) is 0 Å². The van der Waals surface area contributed by atoms with Gasteiger partial charge in [-0.25, -0.2) is 0 Å². The fraction of sp³-hybridized carbons (Fsp3) is 1.00. The third-order valence-electron chi connectivity index (χ3n) is 6.51. The fourth-order valence-electron chi connectivity index (χ4n) is 4.61. The van der Waals surface area contributed by atoms with Crippen LogP contribution in [0.2, 0.25) is 0 Å². The lowest BCUT2D eigenvalue weighted by Gasteiger charge is -2.43. The lowest BCUT2D eigenvalue weighted by Crippen LogP contribution is -2.40. The predicted molar refractivity (Wildman–Crippen MR) is 101 cm³/mol. The number of nitrogens with two attached hydrogens (primary N) is 2. The van der Waals surface area contributed by atoms with Crippen molar-refractivity contribution >= 4 is 0 Å². The summed E-state index contributed by atoms with van der Waals surface area (Å²) in [6.07, 6.45) is 5.02. The Hall–Kier alpha value is -0.0800. The van der Waals surface area contributed by atoms with E-state index in [-0.39, 0.29) is 0 Å². The number of hydrogen-bond donors (Lipinski definition) is 2. The summed E-state index contributed by atoms with van der Waals surface area (Å²) < 4.78 is 0. The minimum atomic E-state index is 0.591. The minimum Gasteiger partial charge on any atom is -0.330 e. The molecule has 0 heterocycles. The van der Waals surface area contributed by atoms with Crippen LogP contribution in [-0.4, -0.2) is 13.1 Å². The maximum atomic E-state index is 6.10. The van der Waals surface area contributed by atoms with Crippen LogP contribution in [0.5, 0.6) is 0 Å². The molecule has 0 aromatic rings. The SMILES string of the molecule is CCCC(C(CC)CN)C(C)C(C(C)CN)C(C)C(C)CC. The van der Waals surface area contributed by atoms with Gasteiger partial charge >= 0.3 is 0 Å². The van der Waals surface area contributed by atoms with Gasteiger partial charge in [0.2, 0.25) is 0 Å². The second-order valence-corrected chi connectivity index (χ2v) is 7.75. The van der Waals surface area contributed by atoms with Gasteiger partial charge in [0.05, 0.1) is 0 Å². The Morgan fingerprint density at radius 2 is 1.32 bits per heavy atom. The Balaban J connectivity index is 5.38. The molecule has 22 heavy (non-hydrogen) atoms. The van der Waals surface area contributed by atoms with Crippen LogP contribution in [0, 0.1) is 41.4 Å². The van der Waals surface area contributed by atoms with Gasteiger partial charge in [0.25, 0.3) is 0 Å². The quantitative estimate of drug-likeness (QED) is 0.537. The molecule has 134 valence electrons. The summed E-state index contributed by atoms with van der Waals surface area (Å²) >= 11 is 0. The first-order valence-corrected chi connectivity index (χ1v) is 9.79. The molecule has 0 aliphatic rings. The zero-order chi connectivity index (χ0) is 17.3. The molecule has 0 aromatic carbocycles. The van der Waals surface area contributed by atoms with E-state index in [1.54, 1.807) is 0 Å². The topological polar surface area (TPSA) is 52.0 Å². The molecule has 0 amide bonds. The zero-order valence-corrected chi connectivity index (χ0v) is 16.4. The second kappa shape index (κ2) is 11.5. The molecule has 0 bridgehead atoms. The van der Waals surface area contributed by atoms with E-state index in [0.29, 0.717) is 23.7 Å². The highest BCUT2D eigenvalue weighted by atomic mass is 14.6. The third kappa shape index (κ3) is 5.85. The summed E-state index contributed by atoms with van der Waals surface area (Å²) in [4.78, 5) is 0. The molecule has 0 aliphatic heterocycles. The smallest absolute Gasteiger partial charge is 0.00462 e. The average Bonchev–Trinajstić information content (AvgIpc) is 2.53. The van der Waals surface area contributed by atoms with Crippen LogP contribution in [0.4, 0.5) is 0 Å². The van der Waals surface area contributed by atoms with Crippen molar-refractivity contribution in [3.63, 3.8) is 0 Å². The van der Waals surface area contributed by atoms with Crippen molar-refractivity contribution in [3.05, 3.63) is 0 Å². The van der Waals surface area contributed by atoms with E-state index in [0.717, 1.165) is 30.8 Å². The highest BCUT2D eigenvalue weighted by molar-refractivity contribution is 4.86. The Kier molecular flexibility index (Phi) is 11.4. The molecule has 2 nitrogen and oxygen atoms in total. The van der Waals surface area contributed by atoms with Crippen molar-refractivity contribution in [3.8, 4) is 0 Å².